The largest absolute Gasteiger partial charge is 0.494 e. The van der Waals surface area contributed by atoms with Crippen LogP contribution in [0.2, 0.25) is 0 Å². The third-order valence-electron chi connectivity index (χ3n) is 3.31. The van der Waals surface area contributed by atoms with E-state index in [2.05, 4.69) is 0 Å². The maximum absolute atomic E-state index is 13.6. The Morgan fingerprint density at radius 2 is 2.04 bits per heavy atom. The number of benzene rings is 1. The van der Waals surface area contributed by atoms with E-state index in [1.54, 1.807) is 0 Å². The van der Waals surface area contributed by atoms with Gasteiger partial charge < -0.3 is 14.5 Å². The molecule has 0 bridgehead atoms. The molecule has 1 saturated heterocycles. The molecule has 0 atom stereocenters. The fourth-order valence-corrected chi connectivity index (χ4v) is 2.23. The minimum Gasteiger partial charge on any atom is -0.494 e. The number of amides is 2. The highest BCUT2D eigenvalue weighted by Gasteiger charge is 2.38. The predicted molar refractivity (Wildman–Crippen MR) is 71.0 cm³/mol. The number of alkyl halides is 3. The highest BCUT2D eigenvalue weighted by molar-refractivity contribution is 5.88. The summed E-state index contributed by atoms with van der Waals surface area (Å²) < 4.78 is 55.3. The second-order valence-electron chi connectivity index (χ2n) is 5.09. The predicted octanol–water partition coefficient (Wildman–Crippen LogP) is 1.57. The molecule has 0 aromatic heterocycles. The van der Waals surface area contributed by atoms with E-state index >= 15 is 0 Å². The molecule has 2 amide bonds. The van der Waals surface area contributed by atoms with Gasteiger partial charge in [0.15, 0.2) is 11.6 Å². The lowest BCUT2D eigenvalue weighted by molar-refractivity contribution is -0.157. The Kier molecular flexibility index (Phi) is 4.76. The zero-order chi connectivity index (χ0) is 17.2. The molecule has 126 valence electrons. The summed E-state index contributed by atoms with van der Waals surface area (Å²) in [6.07, 6.45) is -4.73. The van der Waals surface area contributed by atoms with Crippen LogP contribution in [0.25, 0.3) is 0 Å². The second kappa shape index (κ2) is 6.43. The van der Waals surface area contributed by atoms with E-state index in [0.29, 0.717) is 10.5 Å². The lowest BCUT2D eigenvalue weighted by Crippen LogP contribution is -2.37. The Labute approximate surface area is 129 Å². The molecule has 0 aliphatic carbocycles. The van der Waals surface area contributed by atoms with Gasteiger partial charge in [0.1, 0.15) is 13.1 Å². The summed E-state index contributed by atoms with van der Waals surface area (Å²) in [5, 5.41) is 0. The fourth-order valence-electron chi connectivity index (χ4n) is 2.23. The summed E-state index contributed by atoms with van der Waals surface area (Å²) >= 11 is 0. The number of carbonyl (C=O) groups excluding carboxylic acids is 2. The molecular formula is C14H14F4N2O3. The van der Waals surface area contributed by atoms with E-state index in [0.717, 1.165) is 11.0 Å². The summed E-state index contributed by atoms with van der Waals surface area (Å²) in [4.78, 5) is 25.1. The van der Waals surface area contributed by atoms with Crippen molar-refractivity contribution in [2.24, 2.45) is 0 Å². The van der Waals surface area contributed by atoms with E-state index in [9.17, 15) is 27.2 Å². The topological polar surface area (TPSA) is 49.9 Å². The lowest BCUT2D eigenvalue weighted by atomic mass is 10.1. The van der Waals surface area contributed by atoms with Crippen molar-refractivity contribution in [1.82, 2.24) is 9.80 Å². The van der Waals surface area contributed by atoms with Crippen LogP contribution in [-0.2, 0) is 16.0 Å². The molecule has 1 fully saturated rings. The van der Waals surface area contributed by atoms with Gasteiger partial charge >= 0.3 is 6.18 Å². The van der Waals surface area contributed by atoms with Gasteiger partial charge in [-0.15, -0.1) is 0 Å². The van der Waals surface area contributed by atoms with Crippen LogP contribution in [0.3, 0.4) is 0 Å². The maximum Gasteiger partial charge on any atom is 0.406 e. The van der Waals surface area contributed by atoms with Crippen molar-refractivity contribution in [2.75, 3.05) is 26.9 Å². The molecule has 5 nitrogen and oxygen atoms in total. The van der Waals surface area contributed by atoms with Crippen molar-refractivity contribution in [3.8, 4) is 5.75 Å². The van der Waals surface area contributed by atoms with Gasteiger partial charge in [-0.2, -0.15) is 13.2 Å². The van der Waals surface area contributed by atoms with Crippen molar-refractivity contribution < 1.29 is 31.9 Å². The molecule has 0 spiro atoms. The standard InChI is InChI=1S/C14H14F4N2O3/c1-23-11-3-2-9(4-10(11)15)5-12(21)19-6-13(22)20(8-19)7-14(16,17)18/h2-4H,5-8H2,1H3. The smallest absolute Gasteiger partial charge is 0.406 e. The Hall–Kier alpha value is -2.32. The molecule has 0 N–H and O–H groups in total. The second-order valence-corrected chi connectivity index (χ2v) is 5.09. The van der Waals surface area contributed by atoms with E-state index < -0.39 is 43.6 Å². The first-order chi connectivity index (χ1) is 10.7. The number of hydrogen-bond donors (Lipinski definition) is 0. The zero-order valence-electron chi connectivity index (χ0n) is 12.2. The average Bonchev–Trinajstić information content (AvgIpc) is 2.78. The summed E-state index contributed by atoms with van der Waals surface area (Å²) in [6.45, 7) is -2.23. The van der Waals surface area contributed by atoms with Gasteiger partial charge in [-0.05, 0) is 17.7 Å². The highest BCUT2D eigenvalue weighted by atomic mass is 19.4. The Morgan fingerprint density at radius 1 is 1.35 bits per heavy atom. The van der Waals surface area contributed by atoms with Crippen LogP contribution in [0.4, 0.5) is 17.6 Å². The fraction of sp³-hybridized carbons (Fsp3) is 0.429. The molecule has 0 saturated carbocycles. The number of halogens is 4. The molecule has 0 radical (unpaired) electrons. The highest BCUT2D eigenvalue weighted by Crippen LogP contribution is 2.21. The van der Waals surface area contributed by atoms with Crippen molar-refractivity contribution in [2.45, 2.75) is 12.6 Å². The first kappa shape index (κ1) is 17.0. The molecule has 9 heteroatoms. The van der Waals surface area contributed by atoms with Gasteiger partial charge in [0, 0.05) is 0 Å². The number of nitrogens with zero attached hydrogens (tertiary/aromatic N) is 2. The number of ether oxygens (including phenoxy) is 1. The average molecular weight is 334 g/mol. The van der Waals surface area contributed by atoms with Gasteiger partial charge in [0.2, 0.25) is 11.8 Å². The molecule has 1 heterocycles. The van der Waals surface area contributed by atoms with Crippen molar-refractivity contribution in [3.05, 3.63) is 29.6 Å². The molecular weight excluding hydrogens is 320 g/mol. The normalized spacial score (nSPS) is 15.3. The summed E-state index contributed by atoms with van der Waals surface area (Å²) in [6, 6.07) is 3.94. The number of carbonyl (C=O) groups is 2. The monoisotopic (exact) mass is 334 g/mol. The van der Waals surface area contributed by atoms with Crippen LogP contribution >= 0.6 is 0 Å². The Balaban J connectivity index is 1.99. The molecule has 1 aromatic rings. The molecule has 1 aliphatic rings. The van der Waals surface area contributed by atoms with E-state index in [1.165, 1.54) is 19.2 Å². The first-order valence-electron chi connectivity index (χ1n) is 6.64. The third kappa shape index (κ3) is 4.33. The number of hydrogen-bond acceptors (Lipinski definition) is 3. The first-order valence-corrected chi connectivity index (χ1v) is 6.64. The number of methoxy groups -OCH3 is 1. The van der Waals surface area contributed by atoms with Crippen LogP contribution < -0.4 is 4.74 Å². The maximum atomic E-state index is 13.6. The van der Waals surface area contributed by atoms with Crippen molar-refractivity contribution in [1.29, 1.82) is 0 Å². The van der Waals surface area contributed by atoms with Crippen LogP contribution in [0.15, 0.2) is 18.2 Å². The number of rotatable bonds is 4. The summed E-state index contributed by atoms with van der Waals surface area (Å²) in [5.41, 5.74) is 0.343. The van der Waals surface area contributed by atoms with Gasteiger partial charge in [-0.3, -0.25) is 9.59 Å². The van der Waals surface area contributed by atoms with Crippen LogP contribution in [0.1, 0.15) is 5.56 Å². The van der Waals surface area contributed by atoms with E-state index in [1.807, 2.05) is 0 Å². The minimum absolute atomic E-state index is 0.0221. The molecule has 2 rings (SSSR count). The minimum atomic E-state index is -4.52. The van der Waals surface area contributed by atoms with Gasteiger partial charge in [0.25, 0.3) is 0 Å². The lowest BCUT2D eigenvalue weighted by Gasteiger charge is -2.19. The molecule has 23 heavy (non-hydrogen) atoms. The van der Waals surface area contributed by atoms with E-state index in [4.69, 9.17) is 4.74 Å². The van der Waals surface area contributed by atoms with E-state index in [-0.39, 0.29) is 12.2 Å². The summed E-state index contributed by atoms with van der Waals surface area (Å²) in [7, 11) is 1.30. The van der Waals surface area contributed by atoms with Crippen LogP contribution in [0.5, 0.6) is 5.75 Å². The van der Waals surface area contributed by atoms with Gasteiger partial charge in [-0.25, -0.2) is 4.39 Å². The molecule has 0 unspecified atom stereocenters. The van der Waals surface area contributed by atoms with Gasteiger partial charge in [-0.1, -0.05) is 6.07 Å². The van der Waals surface area contributed by atoms with Crippen molar-refractivity contribution >= 4 is 11.8 Å². The van der Waals surface area contributed by atoms with Crippen LogP contribution in [-0.4, -0.2) is 54.7 Å². The molecule has 1 aliphatic heterocycles. The third-order valence-corrected chi connectivity index (χ3v) is 3.31. The Morgan fingerprint density at radius 3 is 2.61 bits per heavy atom. The Bertz CT molecular complexity index is 619. The zero-order valence-corrected chi connectivity index (χ0v) is 12.2. The summed E-state index contributed by atoms with van der Waals surface area (Å²) in [5.74, 6) is -1.94. The van der Waals surface area contributed by atoms with Crippen LogP contribution in [0, 0.1) is 5.82 Å². The van der Waals surface area contributed by atoms with Crippen molar-refractivity contribution in [3.63, 3.8) is 0 Å². The SMILES string of the molecule is COc1ccc(CC(=O)N2CC(=O)N(CC(F)(F)F)C2)cc1F. The van der Waals surface area contributed by atoms with Gasteiger partial charge in [0.05, 0.1) is 20.2 Å². The molecule has 1 aromatic carbocycles. The quantitative estimate of drug-likeness (QED) is 0.786.